The SMILES string of the molecule is CCOc1ccc(C(=O)NC(C)C2CCCC2)cc1N. The standard InChI is InChI=1S/C16H24N2O2/c1-3-20-15-9-8-13(10-14(15)17)16(19)18-11(2)12-6-4-5-7-12/h8-12H,3-7,17H2,1-2H3,(H,18,19). The Hall–Kier alpha value is -1.71. The first-order valence-corrected chi connectivity index (χ1v) is 7.45. The summed E-state index contributed by atoms with van der Waals surface area (Å²) in [5.74, 6) is 1.19. The molecule has 1 amide bonds. The molecule has 4 heteroatoms. The Balaban J connectivity index is 1.99. The van der Waals surface area contributed by atoms with E-state index in [2.05, 4.69) is 12.2 Å². The predicted molar refractivity (Wildman–Crippen MR) is 80.9 cm³/mol. The highest BCUT2D eigenvalue weighted by atomic mass is 16.5. The van der Waals surface area contributed by atoms with Gasteiger partial charge in [0.2, 0.25) is 0 Å². The molecule has 1 fully saturated rings. The third kappa shape index (κ3) is 3.44. The second kappa shape index (κ2) is 6.64. The van der Waals surface area contributed by atoms with Crippen molar-refractivity contribution >= 4 is 11.6 Å². The van der Waals surface area contributed by atoms with Gasteiger partial charge in [-0.25, -0.2) is 0 Å². The van der Waals surface area contributed by atoms with Crippen LogP contribution >= 0.6 is 0 Å². The Bertz CT molecular complexity index is 468. The van der Waals surface area contributed by atoms with E-state index in [0.29, 0.717) is 29.5 Å². The van der Waals surface area contributed by atoms with Crippen LogP contribution in [0.25, 0.3) is 0 Å². The first kappa shape index (κ1) is 14.7. The first-order valence-electron chi connectivity index (χ1n) is 7.45. The fourth-order valence-corrected chi connectivity index (χ4v) is 2.84. The summed E-state index contributed by atoms with van der Waals surface area (Å²) >= 11 is 0. The molecule has 0 radical (unpaired) electrons. The van der Waals surface area contributed by atoms with Crippen LogP contribution in [0.4, 0.5) is 5.69 Å². The number of hydrogen-bond donors (Lipinski definition) is 2. The van der Waals surface area contributed by atoms with Crippen molar-refractivity contribution in [3.8, 4) is 5.75 Å². The molecule has 1 aliphatic rings. The predicted octanol–water partition coefficient (Wildman–Crippen LogP) is 2.98. The van der Waals surface area contributed by atoms with Gasteiger partial charge in [-0.05, 0) is 50.8 Å². The number of benzene rings is 1. The molecule has 4 nitrogen and oxygen atoms in total. The number of nitrogens with one attached hydrogen (secondary N) is 1. The lowest BCUT2D eigenvalue weighted by atomic mass is 9.99. The number of anilines is 1. The average Bonchev–Trinajstić information content (AvgIpc) is 2.95. The molecule has 1 aromatic carbocycles. The summed E-state index contributed by atoms with van der Waals surface area (Å²) in [6, 6.07) is 5.42. The van der Waals surface area contributed by atoms with E-state index in [1.54, 1.807) is 18.2 Å². The number of nitrogen functional groups attached to an aromatic ring is 1. The first-order chi connectivity index (χ1) is 9.61. The molecule has 0 aliphatic heterocycles. The molecule has 1 aliphatic carbocycles. The number of nitrogens with two attached hydrogens (primary N) is 1. The van der Waals surface area contributed by atoms with Gasteiger partial charge in [0.1, 0.15) is 5.75 Å². The van der Waals surface area contributed by atoms with Gasteiger partial charge in [-0.3, -0.25) is 4.79 Å². The Morgan fingerprint density at radius 2 is 2.15 bits per heavy atom. The lowest BCUT2D eigenvalue weighted by Crippen LogP contribution is -2.37. The topological polar surface area (TPSA) is 64.3 Å². The van der Waals surface area contributed by atoms with Gasteiger partial charge in [-0.2, -0.15) is 0 Å². The van der Waals surface area contributed by atoms with E-state index in [1.165, 1.54) is 25.7 Å². The maximum absolute atomic E-state index is 12.2. The van der Waals surface area contributed by atoms with Crippen LogP contribution in [0.1, 0.15) is 49.9 Å². The zero-order chi connectivity index (χ0) is 14.5. The lowest BCUT2D eigenvalue weighted by molar-refractivity contribution is 0.0927. The van der Waals surface area contributed by atoms with Crippen LogP contribution in [-0.4, -0.2) is 18.6 Å². The quantitative estimate of drug-likeness (QED) is 0.813. The van der Waals surface area contributed by atoms with Gasteiger partial charge in [-0.1, -0.05) is 12.8 Å². The van der Waals surface area contributed by atoms with Crippen molar-refractivity contribution in [1.29, 1.82) is 0 Å². The Morgan fingerprint density at radius 1 is 1.45 bits per heavy atom. The van der Waals surface area contributed by atoms with Crippen LogP contribution in [0.2, 0.25) is 0 Å². The fourth-order valence-electron chi connectivity index (χ4n) is 2.84. The average molecular weight is 276 g/mol. The molecule has 0 saturated heterocycles. The van der Waals surface area contributed by atoms with Crippen LogP contribution in [0.15, 0.2) is 18.2 Å². The van der Waals surface area contributed by atoms with Crippen LogP contribution < -0.4 is 15.8 Å². The smallest absolute Gasteiger partial charge is 0.251 e. The normalized spacial score (nSPS) is 16.9. The van der Waals surface area contributed by atoms with Gasteiger partial charge in [0.25, 0.3) is 5.91 Å². The highest BCUT2D eigenvalue weighted by Gasteiger charge is 2.23. The van der Waals surface area contributed by atoms with E-state index in [1.807, 2.05) is 6.92 Å². The minimum atomic E-state index is -0.0563. The molecule has 0 spiro atoms. The monoisotopic (exact) mass is 276 g/mol. The van der Waals surface area contributed by atoms with E-state index in [0.717, 1.165) is 0 Å². The van der Waals surface area contributed by atoms with Gasteiger partial charge in [0.15, 0.2) is 0 Å². The molecule has 3 N–H and O–H groups in total. The molecule has 110 valence electrons. The summed E-state index contributed by atoms with van der Waals surface area (Å²) in [5.41, 5.74) is 6.99. The van der Waals surface area contributed by atoms with Gasteiger partial charge >= 0.3 is 0 Å². The molecule has 20 heavy (non-hydrogen) atoms. The van der Waals surface area contributed by atoms with Crippen LogP contribution in [0, 0.1) is 5.92 Å². The van der Waals surface area contributed by atoms with Crippen molar-refractivity contribution in [1.82, 2.24) is 5.32 Å². The van der Waals surface area contributed by atoms with E-state index >= 15 is 0 Å². The molecule has 0 heterocycles. The number of rotatable bonds is 5. The number of hydrogen-bond acceptors (Lipinski definition) is 3. The van der Waals surface area contributed by atoms with Crippen molar-refractivity contribution in [2.75, 3.05) is 12.3 Å². The minimum Gasteiger partial charge on any atom is -0.492 e. The lowest BCUT2D eigenvalue weighted by Gasteiger charge is -2.20. The molecule has 1 aromatic rings. The second-order valence-electron chi connectivity index (χ2n) is 5.49. The summed E-state index contributed by atoms with van der Waals surface area (Å²) in [4.78, 5) is 12.2. The minimum absolute atomic E-state index is 0.0563. The fraction of sp³-hybridized carbons (Fsp3) is 0.562. The Morgan fingerprint density at radius 3 is 2.75 bits per heavy atom. The van der Waals surface area contributed by atoms with Crippen molar-refractivity contribution in [3.63, 3.8) is 0 Å². The zero-order valence-corrected chi connectivity index (χ0v) is 12.3. The van der Waals surface area contributed by atoms with E-state index < -0.39 is 0 Å². The molecular formula is C16H24N2O2. The Kier molecular flexibility index (Phi) is 4.88. The van der Waals surface area contributed by atoms with Crippen molar-refractivity contribution in [2.45, 2.75) is 45.6 Å². The highest BCUT2D eigenvalue weighted by Crippen LogP contribution is 2.28. The van der Waals surface area contributed by atoms with Crippen molar-refractivity contribution in [3.05, 3.63) is 23.8 Å². The third-order valence-corrected chi connectivity index (χ3v) is 4.04. The second-order valence-corrected chi connectivity index (χ2v) is 5.49. The molecule has 1 unspecified atom stereocenters. The summed E-state index contributed by atoms with van der Waals surface area (Å²) in [6.45, 7) is 4.56. The number of ether oxygens (including phenoxy) is 1. The molecule has 0 bridgehead atoms. The van der Waals surface area contributed by atoms with Gasteiger partial charge in [-0.15, -0.1) is 0 Å². The van der Waals surface area contributed by atoms with Crippen molar-refractivity contribution in [2.24, 2.45) is 5.92 Å². The summed E-state index contributed by atoms with van der Waals surface area (Å²) in [7, 11) is 0. The van der Waals surface area contributed by atoms with Crippen LogP contribution in [0.3, 0.4) is 0 Å². The van der Waals surface area contributed by atoms with E-state index in [-0.39, 0.29) is 11.9 Å². The third-order valence-electron chi connectivity index (χ3n) is 4.04. The van der Waals surface area contributed by atoms with Gasteiger partial charge < -0.3 is 15.8 Å². The van der Waals surface area contributed by atoms with Gasteiger partial charge in [0.05, 0.1) is 12.3 Å². The molecule has 1 atom stereocenters. The summed E-state index contributed by atoms with van der Waals surface area (Å²) < 4.78 is 5.38. The molecule has 2 rings (SSSR count). The number of carbonyl (C=O) groups excluding carboxylic acids is 1. The molecule has 1 saturated carbocycles. The number of amides is 1. The van der Waals surface area contributed by atoms with Crippen molar-refractivity contribution < 1.29 is 9.53 Å². The molecule has 0 aromatic heterocycles. The van der Waals surface area contributed by atoms with Gasteiger partial charge in [0, 0.05) is 11.6 Å². The van der Waals surface area contributed by atoms with E-state index in [9.17, 15) is 4.79 Å². The van der Waals surface area contributed by atoms with Crippen LogP contribution in [0.5, 0.6) is 5.75 Å². The highest BCUT2D eigenvalue weighted by molar-refractivity contribution is 5.95. The Labute approximate surface area is 120 Å². The zero-order valence-electron chi connectivity index (χ0n) is 12.3. The maximum Gasteiger partial charge on any atom is 0.251 e. The number of carbonyl (C=O) groups is 1. The van der Waals surface area contributed by atoms with E-state index in [4.69, 9.17) is 10.5 Å². The van der Waals surface area contributed by atoms with Crippen LogP contribution in [-0.2, 0) is 0 Å². The molecular weight excluding hydrogens is 252 g/mol. The summed E-state index contributed by atoms with van der Waals surface area (Å²) in [5, 5.41) is 3.08. The largest absolute Gasteiger partial charge is 0.492 e. The summed E-state index contributed by atoms with van der Waals surface area (Å²) in [6.07, 6.45) is 4.99. The maximum atomic E-state index is 12.2.